The van der Waals surface area contributed by atoms with E-state index < -0.39 is 0 Å². The number of benzene rings is 2. The fourth-order valence-corrected chi connectivity index (χ4v) is 3.27. The van der Waals surface area contributed by atoms with E-state index in [-0.39, 0.29) is 5.92 Å². The van der Waals surface area contributed by atoms with Gasteiger partial charge in [0.25, 0.3) is 0 Å². The number of aryl methyl sites for hydroxylation is 3. The summed E-state index contributed by atoms with van der Waals surface area (Å²) in [6.07, 6.45) is 2.88. The summed E-state index contributed by atoms with van der Waals surface area (Å²) < 4.78 is 0. The molecule has 0 saturated heterocycles. The summed E-state index contributed by atoms with van der Waals surface area (Å²) in [4.78, 5) is 12.6. The number of Topliss-reactive ketones (excluding diaryl/α,β-unsaturated/α-hetero) is 1. The molecule has 1 nitrogen and oxygen atoms in total. The van der Waals surface area contributed by atoms with Gasteiger partial charge in [0.15, 0.2) is 5.78 Å². The second kappa shape index (κ2) is 5.24. The lowest BCUT2D eigenvalue weighted by atomic mass is 9.78. The molecule has 1 unspecified atom stereocenters. The number of hydrogen-bond donors (Lipinski definition) is 0. The van der Waals surface area contributed by atoms with Crippen molar-refractivity contribution in [2.24, 2.45) is 5.92 Å². The van der Waals surface area contributed by atoms with Gasteiger partial charge >= 0.3 is 0 Å². The molecule has 2 aromatic rings. The summed E-state index contributed by atoms with van der Waals surface area (Å²) in [7, 11) is 0. The zero-order valence-corrected chi connectivity index (χ0v) is 12.1. The number of carbonyl (C=O) groups is 1. The smallest absolute Gasteiger partial charge is 0.166 e. The van der Waals surface area contributed by atoms with Gasteiger partial charge in [0.1, 0.15) is 0 Å². The third kappa shape index (κ3) is 2.29. The minimum Gasteiger partial charge on any atom is -0.294 e. The Hall–Kier alpha value is -1.89. The molecule has 0 saturated carbocycles. The first-order valence-electron chi connectivity index (χ1n) is 7.34. The van der Waals surface area contributed by atoms with E-state index in [9.17, 15) is 4.79 Å². The largest absolute Gasteiger partial charge is 0.294 e. The average molecular weight is 264 g/mol. The molecule has 0 amide bonds. The topological polar surface area (TPSA) is 17.1 Å². The predicted molar refractivity (Wildman–Crippen MR) is 82.2 cm³/mol. The van der Waals surface area contributed by atoms with Gasteiger partial charge in [0, 0.05) is 11.5 Å². The van der Waals surface area contributed by atoms with Crippen LogP contribution in [0.3, 0.4) is 0 Å². The molecule has 0 fully saturated rings. The van der Waals surface area contributed by atoms with Crippen molar-refractivity contribution >= 4 is 5.78 Å². The van der Waals surface area contributed by atoms with Crippen LogP contribution in [0.15, 0.2) is 42.5 Å². The lowest BCUT2D eigenvalue weighted by Crippen LogP contribution is -2.24. The third-order valence-electron chi connectivity index (χ3n) is 4.51. The molecule has 2 aromatic carbocycles. The maximum Gasteiger partial charge on any atom is 0.166 e. The van der Waals surface area contributed by atoms with Gasteiger partial charge in [-0.1, -0.05) is 42.5 Å². The Morgan fingerprint density at radius 2 is 1.70 bits per heavy atom. The maximum absolute atomic E-state index is 12.6. The van der Waals surface area contributed by atoms with Gasteiger partial charge in [-0.25, -0.2) is 0 Å². The molecule has 0 aliphatic heterocycles. The molecule has 0 radical (unpaired) electrons. The lowest BCUT2D eigenvalue weighted by molar-refractivity contribution is 0.0901. The van der Waals surface area contributed by atoms with Crippen LogP contribution in [0.1, 0.15) is 39.0 Å². The molecule has 0 N–H and O–H groups in total. The van der Waals surface area contributed by atoms with Crippen LogP contribution in [0.25, 0.3) is 0 Å². The van der Waals surface area contributed by atoms with Crippen molar-refractivity contribution in [3.05, 3.63) is 70.3 Å². The first-order chi connectivity index (χ1) is 9.66. The molecule has 1 heteroatoms. The van der Waals surface area contributed by atoms with Crippen molar-refractivity contribution < 1.29 is 4.79 Å². The fraction of sp³-hybridized carbons (Fsp3) is 0.316. The van der Waals surface area contributed by atoms with Crippen molar-refractivity contribution in [3.8, 4) is 0 Å². The van der Waals surface area contributed by atoms with Crippen molar-refractivity contribution in [3.63, 3.8) is 0 Å². The van der Waals surface area contributed by atoms with E-state index >= 15 is 0 Å². The Kier molecular flexibility index (Phi) is 3.43. The second-order valence-electron chi connectivity index (χ2n) is 5.83. The van der Waals surface area contributed by atoms with Crippen molar-refractivity contribution in [1.29, 1.82) is 0 Å². The van der Waals surface area contributed by atoms with Gasteiger partial charge in [0.2, 0.25) is 0 Å². The monoisotopic (exact) mass is 264 g/mol. The molecule has 1 aliphatic rings. The molecule has 102 valence electrons. The zero-order chi connectivity index (χ0) is 14.1. The minimum absolute atomic E-state index is 0.143. The van der Waals surface area contributed by atoms with E-state index in [0.29, 0.717) is 5.78 Å². The Bertz CT molecular complexity index is 634. The lowest BCUT2D eigenvalue weighted by Gasteiger charge is -2.24. The summed E-state index contributed by atoms with van der Waals surface area (Å²) in [5.74, 6) is 0.471. The highest BCUT2D eigenvalue weighted by atomic mass is 16.1. The number of ketones is 1. The number of fused-ring (bicyclic) bond motifs is 1. The van der Waals surface area contributed by atoms with Crippen LogP contribution in [-0.4, -0.2) is 5.78 Å². The summed E-state index contributed by atoms with van der Waals surface area (Å²) in [6, 6.07) is 14.4. The number of hydrogen-bond acceptors (Lipinski definition) is 1. The van der Waals surface area contributed by atoms with E-state index in [1.165, 1.54) is 22.3 Å². The van der Waals surface area contributed by atoms with E-state index in [2.05, 4.69) is 38.1 Å². The Morgan fingerprint density at radius 1 is 1.00 bits per heavy atom. The van der Waals surface area contributed by atoms with Crippen LogP contribution < -0.4 is 0 Å². The Labute approximate surface area is 120 Å². The molecule has 3 rings (SSSR count). The first kappa shape index (κ1) is 13.1. The van der Waals surface area contributed by atoms with E-state index in [1.54, 1.807) is 0 Å². The summed E-state index contributed by atoms with van der Waals surface area (Å²) in [5.41, 5.74) is 6.11. The molecular formula is C19H20O. The Balaban J connectivity index is 1.89. The van der Waals surface area contributed by atoms with Crippen LogP contribution in [0.2, 0.25) is 0 Å². The van der Waals surface area contributed by atoms with Gasteiger partial charge in [0.05, 0.1) is 0 Å². The van der Waals surface area contributed by atoms with Gasteiger partial charge in [-0.05, 0) is 55.4 Å². The van der Waals surface area contributed by atoms with Gasteiger partial charge in [-0.15, -0.1) is 0 Å². The highest BCUT2D eigenvalue weighted by Gasteiger charge is 2.27. The van der Waals surface area contributed by atoms with E-state index in [0.717, 1.165) is 24.8 Å². The second-order valence-corrected chi connectivity index (χ2v) is 5.83. The van der Waals surface area contributed by atoms with Crippen molar-refractivity contribution in [1.82, 2.24) is 0 Å². The van der Waals surface area contributed by atoms with Crippen molar-refractivity contribution in [2.45, 2.75) is 33.1 Å². The van der Waals surface area contributed by atoms with Crippen LogP contribution in [-0.2, 0) is 12.8 Å². The van der Waals surface area contributed by atoms with Crippen LogP contribution in [0.4, 0.5) is 0 Å². The van der Waals surface area contributed by atoms with Crippen LogP contribution in [0, 0.1) is 19.8 Å². The van der Waals surface area contributed by atoms with E-state index in [4.69, 9.17) is 0 Å². The molecule has 0 heterocycles. The molecular weight excluding hydrogens is 244 g/mol. The summed E-state index contributed by atoms with van der Waals surface area (Å²) in [5, 5.41) is 0. The zero-order valence-electron chi connectivity index (χ0n) is 12.1. The molecule has 1 atom stereocenters. The number of rotatable bonds is 2. The van der Waals surface area contributed by atoms with E-state index in [1.807, 2.05) is 18.2 Å². The molecule has 0 aromatic heterocycles. The molecule has 20 heavy (non-hydrogen) atoms. The fourth-order valence-electron chi connectivity index (χ4n) is 3.27. The predicted octanol–water partition coefficient (Wildman–Crippen LogP) is 4.29. The molecule has 0 bridgehead atoms. The quantitative estimate of drug-likeness (QED) is 0.790. The summed E-state index contributed by atoms with van der Waals surface area (Å²) >= 11 is 0. The molecule has 0 spiro atoms. The van der Waals surface area contributed by atoms with Crippen LogP contribution >= 0.6 is 0 Å². The highest BCUT2D eigenvalue weighted by molar-refractivity contribution is 6.00. The molecule has 1 aliphatic carbocycles. The van der Waals surface area contributed by atoms with Gasteiger partial charge in [-0.2, -0.15) is 0 Å². The summed E-state index contributed by atoms with van der Waals surface area (Å²) in [6.45, 7) is 4.28. The van der Waals surface area contributed by atoms with Gasteiger partial charge in [-0.3, -0.25) is 4.79 Å². The van der Waals surface area contributed by atoms with Crippen molar-refractivity contribution in [2.75, 3.05) is 0 Å². The standard InChI is InChI=1S/C19H20O/c1-13-6-5-7-14(2)18(13)12-16-11-10-15-8-3-4-9-17(15)19(16)20/h3-9,16H,10-12H2,1-2H3. The highest BCUT2D eigenvalue weighted by Crippen LogP contribution is 2.29. The van der Waals surface area contributed by atoms with Gasteiger partial charge < -0.3 is 0 Å². The Morgan fingerprint density at radius 3 is 2.45 bits per heavy atom. The average Bonchev–Trinajstić information content (AvgIpc) is 2.45. The first-order valence-corrected chi connectivity index (χ1v) is 7.34. The maximum atomic E-state index is 12.6. The third-order valence-corrected chi connectivity index (χ3v) is 4.51. The minimum atomic E-state index is 0.143. The number of carbonyl (C=O) groups excluding carboxylic acids is 1. The normalized spacial score (nSPS) is 17.9. The SMILES string of the molecule is Cc1cccc(C)c1CC1CCc2ccccc2C1=O. The van der Waals surface area contributed by atoms with Crippen LogP contribution in [0.5, 0.6) is 0 Å².